The fourth-order valence-corrected chi connectivity index (χ4v) is 4.80. The Hall–Kier alpha value is -3.09. The maximum atomic E-state index is 13.4. The van der Waals surface area contributed by atoms with Crippen molar-refractivity contribution in [2.45, 2.75) is 51.0 Å². The highest BCUT2D eigenvalue weighted by Gasteiger charge is 2.33. The summed E-state index contributed by atoms with van der Waals surface area (Å²) in [6, 6.07) is 12.2. The molecule has 176 valence electrons. The molecule has 2 saturated heterocycles. The van der Waals surface area contributed by atoms with E-state index in [2.05, 4.69) is 5.32 Å². The molecule has 33 heavy (non-hydrogen) atoms. The summed E-state index contributed by atoms with van der Waals surface area (Å²) in [7, 11) is 0. The van der Waals surface area contributed by atoms with Crippen LogP contribution in [0.1, 0.15) is 54.6 Å². The van der Waals surface area contributed by atoms with Gasteiger partial charge >= 0.3 is 0 Å². The van der Waals surface area contributed by atoms with Crippen LogP contribution in [-0.4, -0.2) is 59.7 Å². The van der Waals surface area contributed by atoms with Gasteiger partial charge < -0.3 is 19.5 Å². The number of furan rings is 1. The van der Waals surface area contributed by atoms with Crippen LogP contribution in [0.25, 0.3) is 0 Å². The summed E-state index contributed by atoms with van der Waals surface area (Å²) in [4.78, 5) is 42.8. The minimum absolute atomic E-state index is 0.0163. The maximum Gasteiger partial charge on any atom is 0.287 e. The number of rotatable bonds is 6. The molecule has 7 nitrogen and oxygen atoms in total. The molecule has 3 heterocycles. The predicted octanol–water partition coefficient (Wildman–Crippen LogP) is 3.26. The Morgan fingerprint density at radius 1 is 0.879 bits per heavy atom. The first kappa shape index (κ1) is 23.1. The number of piperidine rings is 1. The van der Waals surface area contributed by atoms with Gasteiger partial charge in [0.15, 0.2) is 5.76 Å². The van der Waals surface area contributed by atoms with Crippen molar-refractivity contribution >= 4 is 17.7 Å². The molecule has 1 atom stereocenters. The second kappa shape index (κ2) is 11.2. The molecule has 1 N–H and O–H groups in total. The van der Waals surface area contributed by atoms with E-state index >= 15 is 0 Å². The van der Waals surface area contributed by atoms with Crippen LogP contribution in [0.15, 0.2) is 53.1 Å². The van der Waals surface area contributed by atoms with Crippen molar-refractivity contribution in [3.05, 3.63) is 60.1 Å². The van der Waals surface area contributed by atoms with E-state index in [0.29, 0.717) is 32.4 Å². The van der Waals surface area contributed by atoms with Crippen LogP contribution in [0.2, 0.25) is 0 Å². The summed E-state index contributed by atoms with van der Waals surface area (Å²) in [5, 5.41) is 2.86. The Bertz CT molecular complexity index is 912. The Kier molecular flexibility index (Phi) is 7.81. The summed E-state index contributed by atoms with van der Waals surface area (Å²) in [5.74, 6) is -0.101. The number of benzene rings is 1. The van der Waals surface area contributed by atoms with Crippen molar-refractivity contribution in [2.24, 2.45) is 5.92 Å². The van der Waals surface area contributed by atoms with E-state index in [1.807, 2.05) is 35.2 Å². The van der Waals surface area contributed by atoms with E-state index in [0.717, 1.165) is 31.5 Å². The molecular weight excluding hydrogens is 418 g/mol. The Balaban J connectivity index is 1.38. The fraction of sp³-hybridized carbons (Fsp3) is 0.500. The third-order valence-electron chi connectivity index (χ3n) is 6.70. The van der Waals surface area contributed by atoms with Crippen LogP contribution >= 0.6 is 0 Å². The van der Waals surface area contributed by atoms with Crippen LogP contribution in [0.3, 0.4) is 0 Å². The zero-order chi connectivity index (χ0) is 23.0. The predicted molar refractivity (Wildman–Crippen MR) is 124 cm³/mol. The van der Waals surface area contributed by atoms with Gasteiger partial charge in [-0.15, -0.1) is 0 Å². The summed E-state index contributed by atoms with van der Waals surface area (Å²) >= 11 is 0. The second-order valence-electron chi connectivity index (χ2n) is 9.03. The molecule has 0 aliphatic carbocycles. The lowest BCUT2D eigenvalue weighted by molar-refractivity contribution is -0.141. The van der Waals surface area contributed by atoms with Crippen LogP contribution in [0.5, 0.6) is 0 Å². The molecule has 3 amide bonds. The van der Waals surface area contributed by atoms with Gasteiger partial charge in [0.2, 0.25) is 11.8 Å². The summed E-state index contributed by atoms with van der Waals surface area (Å²) in [6.45, 7) is 2.78. The SMILES string of the molecule is O=C(NC(Cc1ccccc1)C(=O)N1CCC(C(=O)N2CCCCCC2)CC1)c1ccco1. The Morgan fingerprint density at radius 2 is 1.58 bits per heavy atom. The lowest BCUT2D eigenvalue weighted by Gasteiger charge is -2.35. The summed E-state index contributed by atoms with van der Waals surface area (Å²) in [5.41, 5.74) is 0.974. The van der Waals surface area contributed by atoms with E-state index in [4.69, 9.17) is 4.42 Å². The lowest BCUT2D eigenvalue weighted by Crippen LogP contribution is -2.52. The normalized spacial score (nSPS) is 18.4. The summed E-state index contributed by atoms with van der Waals surface area (Å²) in [6.07, 6.45) is 7.75. The van der Waals surface area contributed by atoms with E-state index in [1.54, 1.807) is 17.0 Å². The van der Waals surface area contributed by atoms with Gasteiger partial charge in [0.1, 0.15) is 6.04 Å². The van der Waals surface area contributed by atoms with Crippen molar-refractivity contribution in [2.75, 3.05) is 26.2 Å². The average Bonchev–Trinajstić information content (AvgIpc) is 3.26. The smallest absolute Gasteiger partial charge is 0.287 e. The topological polar surface area (TPSA) is 82.9 Å². The third-order valence-corrected chi connectivity index (χ3v) is 6.70. The zero-order valence-electron chi connectivity index (χ0n) is 19.1. The number of carbonyl (C=O) groups excluding carboxylic acids is 3. The maximum absolute atomic E-state index is 13.4. The number of likely N-dealkylation sites (tertiary alicyclic amines) is 2. The molecule has 0 saturated carbocycles. The Morgan fingerprint density at radius 3 is 2.21 bits per heavy atom. The number of carbonyl (C=O) groups is 3. The molecule has 0 spiro atoms. The van der Waals surface area contributed by atoms with Gasteiger partial charge in [-0.05, 0) is 43.4 Å². The largest absolute Gasteiger partial charge is 0.459 e. The van der Waals surface area contributed by atoms with E-state index in [1.165, 1.54) is 19.1 Å². The van der Waals surface area contributed by atoms with Gasteiger partial charge in [-0.1, -0.05) is 43.2 Å². The van der Waals surface area contributed by atoms with E-state index in [9.17, 15) is 14.4 Å². The molecule has 7 heteroatoms. The molecule has 1 aromatic carbocycles. The van der Waals surface area contributed by atoms with Crippen LogP contribution in [-0.2, 0) is 16.0 Å². The molecule has 2 aromatic rings. The van der Waals surface area contributed by atoms with Crippen molar-refractivity contribution in [1.29, 1.82) is 0 Å². The molecule has 0 bridgehead atoms. The highest BCUT2D eigenvalue weighted by atomic mass is 16.3. The molecule has 0 radical (unpaired) electrons. The van der Waals surface area contributed by atoms with Crippen molar-refractivity contribution in [1.82, 2.24) is 15.1 Å². The molecule has 1 aromatic heterocycles. The first-order valence-corrected chi connectivity index (χ1v) is 12.1. The number of hydrogen-bond acceptors (Lipinski definition) is 4. The third kappa shape index (κ3) is 6.03. The van der Waals surface area contributed by atoms with Gasteiger partial charge in [-0.2, -0.15) is 0 Å². The lowest BCUT2D eigenvalue weighted by atomic mass is 9.94. The number of amides is 3. The first-order chi connectivity index (χ1) is 16.1. The molecular formula is C26H33N3O4. The van der Waals surface area contributed by atoms with Crippen LogP contribution < -0.4 is 5.32 Å². The monoisotopic (exact) mass is 451 g/mol. The van der Waals surface area contributed by atoms with Crippen LogP contribution in [0.4, 0.5) is 0 Å². The highest BCUT2D eigenvalue weighted by Crippen LogP contribution is 2.23. The summed E-state index contributed by atoms with van der Waals surface area (Å²) < 4.78 is 5.20. The van der Waals surface area contributed by atoms with Gasteiger partial charge in [0.25, 0.3) is 5.91 Å². The van der Waals surface area contributed by atoms with Gasteiger partial charge in [0.05, 0.1) is 6.26 Å². The van der Waals surface area contributed by atoms with Gasteiger partial charge in [-0.25, -0.2) is 0 Å². The highest BCUT2D eigenvalue weighted by molar-refractivity contribution is 5.95. The number of hydrogen-bond donors (Lipinski definition) is 1. The molecule has 1 unspecified atom stereocenters. The molecule has 2 aliphatic rings. The van der Waals surface area contributed by atoms with Crippen molar-refractivity contribution in [3.63, 3.8) is 0 Å². The molecule has 2 fully saturated rings. The minimum Gasteiger partial charge on any atom is -0.459 e. The standard InChI is InChI=1S/C26H33N3O4/c30-24(23-11-8-18-33-23)27-22(19-20-9-4-3-5-10-20)26(32)29-16-12-21(13-17-29)25(31)28-14-6-1-2-7-15-28/h3-5,8-11,18,21-22H,1-2,6-7,12-17,19H2,(H,27,30). The number of nitrogens with one attached hydrogen (secondary N) is 1. The number of nitrogens with zero attached hydrogens (tertiary/aromatic N) is 2. The van der Waals surface area contributed by atoms with Gasteiger partial charge in [-0.3, -0.25) is 14.4 Å². The Labute approximate surface area is 195 Å². The fourth-order valence-electron chi connectivity index (χ4n) is 4.80. The minimum atomic E-state index is -0.692. The quantitative estimate of drug-likeness (QED) is 0.731. The van der Waals surface area contributed by atoms with Gasteiger partial charge in [0, 0.05) is 38.5 Å². The van der Waals surface area contributed by atoms with E-state index in [-0.39, 0.29) is 23.5 Å². The van der Waals surface area contributed by atoms with Crippen molar-refractivity contribution in [3.8, 4) is 0 Å². The zero-order valence-corrected chi connectivity index (χ0v) is 19.1. The molecule has 4 rings (SSSR count). The van der Waals surface area contributed by atoms with Crippen LogP contribution in [0, 0.1) is 5.92 Å². The molecule has 2 aliphatic heterocycles. The second-order valence-corrected chi connectivity index (χ2v) is 9.03. The van der Waals surface area contributed by atoms with Crippen molar-refractivity contribution < 1.29 is 18.8 Å². The van der Waals surface area contributed by atoms with E-state index < -0.39 is 11.9 Å². The first-order valence-electron chi connectivity index (χ1n) is 12.1. The average molecular weight is 452 g/mol.